The predicted octanol–water partition coefficient (Wildman–Crippen LogP) is 2.92. The number of thiophene rings is 1. The van der Waals surface area contributed by atoms with Gasteiger partial charge in [-0.05, 0) is 41.4 Å². The molecule has 0 unspecified atom stereocenters. The second-order valence-electron chi connectivity index (χ2n) is 6.06. The average Bonchev–Trinajstić information content (AvgIpc) is 2.97. The van der Waals surface area contributed by atoms with Crippen LogP contribution in [0.25, 0.3) is 10.2 Å². The van der Waals surface area contributed by atoms with Crippen molar-refractivity contribution in [1.82, 2.24) is 9.13 Å². The van der Waals surface area contributed by atoms with Crippen molar-refractivity contribution in [1.29, 1.82) is 0 Å². The number of carbonyl (C=O) groups is 1. The summed E-state index contributed by atoms with van der Waals surface area (Å²) in [6.07, 6.45) is 0. The van der Waals surface area contributed by atoms with Crippen molar-refractivity contribution in [2.75, 3.05) is 13.7 Å². The van der Waals surface area contributed by atoms with Crippen molar-refractivity contribution in [2.24, 2.45) is 0 Å². The number of hydrogen-bond donors (Lipinski definition) is 0. The van der Waals surface area contributed by atoms with Crippen LogP contribution in [0, 0.1) is 6.92 Å². The molecule has 0 saturated carbocycles. The quantitative estimate of drug-likeness (QED) is 0.521. The van der Waals surface area contributed by atoms with Crippen LogP contribution < -0.4 is 16.0 Å². The third-order valence-electron chi connectivity index (χ3n) is 4.35. The highest BCUT2D eigenvalue weighted by Crippen LogP contribution is 2.32. The van der Waals surface area contributed by atoms with Crippen LogP contribution in [0.4, 0.5) is 0 Å². The number of benzene rings is 1. The van der Waals surface area contributed by atoms with E-state index in [1.54, 1.807) is 21.0 Å². The van der Waals surface area contributed by atoms with Gasteiger partial charge in [0.1, 0.15) is 17.1 Å². The van der Waals surface area contributed by atoms with Gasteiger partial charge in [-0.15, -0.1) is 11.3 Å². The first-order valence-electron chi connectivity index (χ1n) is 8.58. The van der Waals surface area contributed by atoms with E-state index in [0.717, 1.165) is 19.5 Å². The Kier molecular flexibility index (Phi) is 6.04. The van der Waals surface area contributed by atoms with Crippen LogP contribution >= 0.6 is 27.3 Å². The number of ether oxygens (including phenoxy) is 2. The third kappa shape index (κ3) is 3.64. The average molecular weight is 467 g/mol. The van der Waals surface area contributed by atoms with Gasteiger partial charge in [-0.3, -0.25) is 14.2 Å². The van der Waals surface area contributed by atoms with Gasteiger partial charge < -0.3 is 9.47 Å². The molecule has 0 N–H and O–H groups in total. The van der Waals surface area contributed by atoms with E-state index >= 15 is 0 Å². The van der Waals surface area contributed by atoms with Crippen LogP contribution in [0.15, 0.2) is 37.6 Å². The summed E-state index contributed by atoms with van der Waals surface area (Å²) in [6, 6.07) is 7.35. The summed E-state index contributed by atoms with van der Waals surface area (Å²) < 4.78 is 13.5. The molecular formula is C19H19BrN2O5S. The molecule has 0 spiro atoms. The molecule has 0 aliphatic rings. The first kappa shape index (κ1) is 20.3. The number of nitrogens with zero attached hydrogens (tertiary/aromatic N) is 2. The van der Waals surface area contributed by atoms with Crippen LogP contribution in [0.1, 0.15) is 18.1 Å². The van der Waals surface area contributed by atoms with E-state index in [-0.39, 0.29) is 13.2 Å². The minimum Gasteiger partial charge on any atom is -0.496 e. The molecule has 0 fully saturated rings. The number of esters is 1. The summed E-state index contributed by atoms with van der Waals surface area (Å²) in [5, 5.41) is 0.413. The lowest BCUT2D eigenvalue weighted by Gasteiger charge is -2.14. The molecular weight excluding hydrogens is 448 g/mol. The molecule has 0 amide bonds. The van der Waals surface area contributed by atoms with Crippen molar-refractivity contribution >= 4 is 43.5 Å². The molecule has 2 heterocycles. The Labute approximate surface area is 173 Å². The van der Waals surface area contributed by atoms with E-state index in [2.05, 4.69) is 15.9 Å². The number of aryl methyl sites for hydroxylation is 1. The van der Waals surface area contributed by atoms with Crippen molar-refractivity contribution in [3.63, 3.8) is 0 Å². The summed E-state index contributed by atoms with van der Waals surface area (Å²) in [5.41, 5.74) is 0.460. The Hall–Kier alpha value is -2.39. The van der Waals surface area contributed by atoms with Gasteiger partial charge in [0.15, 0.2) is 0 Å². The normalized spacial score (nSPS) is 11.0. The fourth-order valence-corrected chi connectivity index (χ4v) is 4.66. The van der Waals surface area contributed by atoms with Crippen LogP contribution in [0.3, 0.4) is 0 Å². The molecule has 9 heteroatoms. The highest BCUT2D eigenvalue weighted by Gasteiger charge is 2.21. The zero-order valence-corrected chi connectivity index (χ0v) is 18.1. The molecule has 0 aliphatic carbocycles. The van der Waals surface area contributed by atoms with Crippen molar-refractivity contribution < 1.29 is 14.3 Å². The van der Waals surface area contributed by atoms with Crippen LogP contribution in [0.2, 0.25) is 0 Å². The number of aromatic nitrogens is 2. The van der Waals surface area contributed by atoms with E-state index in [4.69, 9.17) is 9.47 Å². The highest BCUT2D eigenvalue weighted by atomic mass is 79.9. The van der Waals surface area contributed by atoms with E-state index < -0.39 is 23.8 Å². The molecule has 148 valence electrons. The summed E-state index contributed by atoms with van der Waals surface area (Å²) in [7, 11) is 1.56. The molecule has 0 aliphatic heterocycles. The van der Waals surface area contributed by atoms with Gasteiger partial charge in [0.2, 0.25) is 0 Å². The zero-order valence-electron chi connectivity index (χ0n) is 15.7. The number of halogens is 1. The fourth-order valence-electron chi connectivity index (χ4n) is 2.99. The maximum absolute atomic E-state index is 13.1. The largest absolute Gasteiger partial charge is 0.496 e. The Morgan fingerprint density at radius 2 is 1.93 bits per heavy atom. The Morgan fingerprint density at radius 1 is 1.21 bits per heavy atom. The molecule has 0 radical (unpaired) electrons. The lowest BCUT2D eigenvalue weighted by Crippen LogP contribution is -2.42. The molecule has 0 bridgehead atoms. The molecule has 3 aromatic rings. The molecule has 1 aromatic carbocycles. The van der Waals surface area contributed by atoms with E-state index in [0.29, 0.717) is 16.0 Å². The fraction of sp³-hybridized carbons (Fsp3) is 0.316. The molecule has 28 heavy (non-hydrogen) atoms. The van der Waals surface area contributed by atoms with Crippen molar-refractivity contribution in [3.05, 3.63) is 60.0 Å². The first-order chi connectivity index (χ1) is 13.4. The second kappa shape index (κ2) is 8.32. The van der Waals surface area contributed by atoms with Gasteiger partial charge in [-0.1, -0.05) is 18.2 Å². The molecule has 7 nitrogen and oxygen atoms in total. The van der Waals surface area contributed by atoms with E-state index in [1.807, 2.05) is 24.3 Å². The maximum atomic E-state index is 13.1. The second-order valence-corrected chi connectivity index (χ2v) is 8.37. The van der Waals surface area contributed by atoms with Gasteiger partial charge in [0.25, 0.3) is 5.56 Å². The third-order valence-corrected chi connectivity index (χ3v) is 6.53. The Bertz CT molecular complexity index is 1160. The lowest BCUT2D eigenvalue weighted by atomic mass is 10.2. The molecule has 0 saturated heterocycles. The predicted molar refractivity (Wildman–Crippen MR) is 112 cm³/mol. The first-order valence-corrected chi connectivity index (χ1v) is 10.2. The summed E-state index contributed by atoms with van der Waals surface area (Å²) in [6.45, 7) is 3.42. The Balaban J connectivity index is 2.26. The standard InChI is InChI=1S/C19H19BrN2O5S/c1-4-27-14(23)10-21-17(24)15-11(2)16(20)28-18(15)22(19(21)25)9-12-7-5-6-8-13(12)26-3/h5-8H,4,9-10H2,1-3H3. The number of fused-ring (bicyclic) bond motifs is 1. The minimum absolute atomic E-state index is 0.175. The number of rotatable bonds is 6. The topological polar surface area (TPSA) is 79.5 Å². The van der Waals surface area contributed by atoms with Gasteiger partial charge in [0.05, 0.1) is 29.4 Å². The molecule has 2 aromatic heterocycles. The van der Waals surface area contributed by atoms with Crippen molar-refractivity contribution in [3.8, 4) is 5.75 Å². The van der Waals surface area contributed by atoms with E-state index in [1.165, 1.54) is 15.9 Å². The number of methoxy groups -OCH3 is 1. The number of hydrogen-bond acceptors (Lipinski definition) is 6. The van der Waals surface area contributed by atoms with Gasteiger partial charge in [-0.2, -0.15) is 0 Å². The summed E-state index contributed by atoms with van der Waals surface area (Å²) >= 11 is 4.77. The van der Waals surface area contributed by atoms with Gasteiger partial charge >= 0.3 is 11.7 Å². The summed E-state index contributed by atoms with van der Waals surface area (Å²) in [5.74, 6) is 0.00914. The smallest absolute Gasteiger partial charge is 0.332 e. The maximum Gasteiger partial charge on any atom is 0.332 e. The lowest BCUT2D eigenvalue weighted by molar-refractivity contribution is -0.143. The number of para-hydroxylation sites is 1. The summed E-state index contributed by atoms with van der Waals surface area (Å²) in [4.78, 5) is 38.6. The van der Waals surface area contributed by atoms with E-state index in [9.17, 15) is 14.4 Å². The Morgan fingerprint density at radius 3 is 2.61 bits per heavy atom. The minimum atomic E-state index is -0.628. The monoisotopic (exact) mass is 466 g/mol. The number of carbonyl (C=O) groups excluding carboxylic acids is 1. The van der Waals surface area contributed by atoms with Gasteiger partial charge in [-0.25, -0.2) is 9.36 Å². The highest BCUT2D eigenvalue weighted by molar-refractivity contribution is 9.11. The van der Waals surface area contributed by atoms with Crippen LogP contribution in [-0.2, 0) is 22.6 Å². The van der Waals surface area contributed by atoms with Crippen LogP contribution in [-0.4, -0.2) is 28.8 Å². The van der Waals surface area contributed by atoms with Crippen molar-refractivity contribution in [2.45, 2.75) is 26.9 Å². The molecule has 0 atom stereocenters. The van der Waals surface area contributed by atoms with Gasteiger partial charge in [0, 0.05) is 5.56 Å². The SMILES string of the molecule is CCOC(=O)Cn1c(=O)c2c(C)c(Br)sc2n(Cc2ccccc2OC)c1=O. The molecule has 3 rings (SSSR count). The zero-order chi connectivity index (χ0) is 20.4. The van der Waals surface area contributed by atoms with Crippen LogP contribution in [0.5, 0.6) is 5.75 Å².